The van der Waals surface area contributed by atoms with Gasteiger partial charge in [0.15, 0.2) is 5.82 Å². The first-order valence-corrected chi connectivity index (χ1v) is 10.8. The molecule has 0 spiro atoms. The molecule has 10 heteroatoms. The largest absolute Gasteiger partial charge is 0.453 e. The number of nitrogens with zero attached hydrogens (tertiary/aromatic N) is 5. The summed E-state index contributed by atoms with van der Waals surface area (Å²) >= 11 is 0. The minimum absolute atomic E-state index is 0.0159. The molecular formula is C23H24F2N6O2. The second kappa shape index (κ2) is 8.43. The lowest BCUT2D eigenvalue weighted by Gasteiger charge is -2.39. The fourth-order valence-corrected chi connectivity index (χ4v) is 4.52. The number of nitrogens with one attached hydrogen (secondary N) is 1. The molecule has 172 valence electrons. The first kappa shape index (κ1) is 21.3. The number of methoxy groups -OCH3 is 1. The van der Waals surface area contributed by atoms with E-state index in [0.29, 0.717) is 37.7 Å². The number of benzene rings is 1. The summed E-state index contributed by atoms with van der Waals surface area (Å²) in [4.78, 5) is 24.1. The highest BCUT2D eigenvalue weighted by Gasteiger charge is 2.30. The van der Waals surface area contributed by atoms with E-state index in [9.17, 15) is 9.18 Å². The molecular weight excluding hydrogens is 430 g/mol. The van der Waals surface area contributed by atoms with Crippen LogP contribution in [0.5, 0.6) is 0 Å². The van der Waals surface area contributed by atoms with Gasteiger partial charge in [-0.2, -0.15) is 0 Å². The number of halogens is 2. The second-order valence-corrected chi connectivity index (χ2v) is 8.18. The average molecular weight is 454 g/mol. The number of hydrogen-bond acceptors (Lipinski definition) is 6. The summed E-state index contributed by atoms with van der Waals surface area (Å²) in [7, 11) is 1.38. The van der Waals surface area contributed by atoms with Gasteiger partial charge in [0.1, 0.15) is 17.8 Å². The van der Waals surface area contributed by atoms with Gasteiger partial charge in [0, 0.05) is 55.3 Å². The van der Waals surface area contributed by atoms with Crippen molar-refractivity contribution in [2.45, 2.75) is 19.0 Å². The maximum Gasteiger partial charge on any atom is 0.409 e. The maximum atomic E-state index is 15.3. The van der Waals surface area contributed by atoms with Crippen LogP contribution < -0.4 is 5.43 Å². The summed E-state index contributed by atoms with van der Waals surface area (Å²) < 4.78 is 36.9. The average Bonchev–Trinajstić information content (AvgIpc) is 3.27. The molecule has 0 aliphatic carbocycles. The fourth-order valence-electron chi connectivity index (χ4n) is 4.52. The minimum atomic E-state index is -0.636. The van der Waals surface area contributed by atoms with E-state index in [0.717, 1.165) is 0 Å². The van der Waals surface area contributed by atoms with Gasteiger partial charge in [-0.3, -0.25) is 9.88 Å². The van der Waals surface area contributed by atoms with Crippen LogP contribution in [0.1, 0.15) is 29.9 Å². The lowest BCUT2D eigenvalue weighted by atomic mass is 9.95. The number of pyridine rings is 1. The number of imidazole rings is 1. The van der Waals surface area contributed by atoms with E-state index in [1.807, 2.05) is 12.2 Å². The summed E-state index contributed by atoms with van der Waals surface area (Å²) in [5.41, 5.74) is 4.32. The molecule has 0 radical (unpaired) electrons. The molecule has 0 saturated carbocycles. The van der Waals surface area contributed by atoms with Gasteiger partial charge >= 0.3 is 6.09 Å². The van der Waals surface area contributed by atoms with Crippen LogP contribution in [0, 0.1) is 11.6 Å². The fraction of sp³-hybridized carbons (Fsp3) is 0.348. The predicted octanol–water partition coefficient (Wildman–Crippen LogP) is 3.14. The number of rotatable bonds is 3. The Morgan fingerprint density at radius 1 is 1.24 bits per heavy atom. The number of piperazine rings is 1. The third-order valence-corrected chi connectivity index (χ3v) is 6.35. The van der Waals surface area contributed by atoms with Gasteiger partial charge in [-0.05, 0) is 24.3 Å². The second-order valence-electron chi connectivity index (χ2n) is 8.18. The SMILES string of the molecule is COC(=O)N1CCN(C2C=Cc3ncc(C(C)c4c(F)cc5ncccc5c4F)n3N2)CC1. The van der Waals surface area contributed by atoms with Crippen molar-refractivity contribution in [2.24, 2.45) is 0 Å². The third-order valence-electron chi connectivity index (χ3n) is 6.35. The molecule has 5 rings (SSSR count). The highest BCUT2D eigenvalue weighted by atomic mass is 19.1. The number of amides is 1. The molecule has 3 aromatic rings. The Morgan fingerprint density at radius 2 is 2.03 bits per heavy atom. The van der Waals surface area contributed by atoms with Gasteiger partial charge in [0.25, 0.3) is 0 Å². The number of ether oxygens (including phenoxy) is 1. The first-order chi connectivity index (χ1) is 16.0. The van der Waals surface area contributed by atoms with Crippen LogP contribution in [0.2, 0.25) is 0 Å². The van der Waals surface area contributed by atoms with Gasteiger partial charge in [0.2, 0.25) is 0 Å². The van der Waals surface area contributed by atoms with E-state index >= 15 is 4.39 Å². The van der Waals surface area contributed by atoms with Crippen LogP contribution in [0.3, 0.4) is 0 Å². The quantitative estimate of drug-likeness (QED) is 0.656. The van der Waals surface area contributed by atoms with Crippen LogP contribution in [0.4, 0.5) is 13.6 Å². The van der Waals surface area contributed by atoms with Crippen molar-refractivity contribution in [2.75, 3.05) is 38.7 Å². The molecule has 33 heavy (non-hydrogen) atoms. The Labute approximate surface area is 189 Å². The number of carbonyl (C=O) groups excluding carboxylic acids is 1. The molecule has 4 heterocycles. The highest BCUT2D eigenvalue weighted by molar-refractivity contribution is 5.80. The Bertz CT molecular complexity index is 1240. The van der Waals surface area contributed by atoms with E-state index in [4.69, 9.17) is 4.74 Å². The van der Waals surface area contributed by atoms with Crippen molar-refractivity contribution in [3.05, 3.63) is 65.4 Å². The first-order valence-electron chi connectivity index (χ1n) is 10.8. The molecule has 1 N–H and O–H groups in total. The van der Waals surface area contributed by atoms with Crippen molar-refractivity contribution in [1.82, 2.24) is 24.4 Å². The number of fused-ring (bicyclic) bond motifs is 2. The minimum Gasteiger partial charge on any atom is -0.453 e. The standard InChI is InChI=1S/C23H24F2N6O2/c1-14(21-16(24)12-17-15(22(21)25)4-3-7-26-17)18-13-27-19-5-6-20(28-31(18)19)29-8-10-30(11-9-29)23(32)33-2/h3-7,12-14,20,28H,8-11H2,1-2H3. The lowest BCUT2D eigenvalue weighted by molar-refractivity contribution is 0.0840. The van der Waals surface area contributed by atoms with E-state index < -0.39 is 17.6 Å². The Balaban J connectivity index is 1.40. The topological polar surface area (TPSA) is 75.5 Å². The smallest absolute Gasteiger partial charge is 0.409 e. The summed E-state index contributed by atoms with van der Waals surface area (Å²) in [6, 6.07) is 4.51. The van der Waals surface area contributed by atoms with Gasteiger partial charge in [-0.15, -0.1) is 0 Å². The summed E-state index contributed by atoms with van der Waals surface area (Å²) in [5, 5.41) is 0.286. The van der Waals surface area contributed by atoms with Crippen LogP contribution in [-0.2, 0) is 4.74 Å². The van der Waals surface area contributed by atoms with Crippen LogP contribution in [0.25, 0.3) is 17.0 Å². The normalized spacial score (nSPS) is 19.3. The van der Waals surface area contributed by atoms with E-state index in [2.05, 4.69) is 20.3 Å². The monoisotopic (exact) mass is 454 g/mol. The molecule has 8 nitrogen and oxygen atoms in total. The van der Waals surface area contributed by atoms with Gasteiger partial charge in [-0.1, -0.05) is 6.92 Å². The van der Waals surface area contributed by atoms with Crippen LogP contribution in [-0.4, -0.2) is 70.0 Å². The Morgan fingerprint density at radius 3 is 2.79 bits per heavy atom. The lowest BCUT2D eigenvalue weighted by Crippen LogP contribution is -2.55. The van der Waals surface area contributed by atoms with E-state index in [-0.39, 0.29) is 28.7 Å². The molecule has 1 saturated heterocycles. The van der Waals surface area contributed by atoms with Crippen molar-refractivity contribution in [3.63, 3.8) is 0 Å². The van der Waals surface area contributed by atoms with Crippen LogP contribution >= 0.6 is 0 Å². The summed E-state index contributed by atoms with van der Waals surface area (Å²) in [6.07, 6.45) is 6.56. The zero-order valence-corrected chi connectivity index (χ0v) is 18.3. The molecule has 2 aliphatic heterocycles. The maximum absolute atomic E-state index is 15.3. The number of carbonyl (C=O) groups is 1. The molecule has 1 amide bonds. The molecule has 2 aromatic heterocycles. The van der Waals surface area contributed by atoms with Crippen LogP contribution in [0.15, 0.2) is 36.7 Å². The molecule has 1 aromatic carbocycles. The van der Waals surface area contributed by atoms with E-state index in [1.54, 1.807) is 34.8 Å². The molecule has 0 bridgehead atoms. The van der Waals surface area contributed by atoms with Gasteiger partial charge in [0.05, 0.1) is 24.5 Å². The highest BCUT2D eigenvalue weighted by Crippen LogP contribution is 2.33. The Kier molecular flexibility index (Phi) is 5.45. The van der Waals surface area contributed by atoms with Crippen molar-refractivity contribution in [1.29, 1.82) is 0 Å². The van der Waals surface area contributed by atoms with E-state index in [1.165, 1.54) is 19.4 Å². The van der Waals surface area contributed by atoms with Gasteiger partial charge < -0.3 is 15.1 Å². The predicted molar refractivity (Wildman–Crippen MR) is 119 cm³/mol. The molecule has 2 aliphatic rings. The van der Waals surface area contributed by atoms with Crippen molar-refractivity contribution >= 4 is 23.1 Å². The number of hydrogen-bond donors (Lipinski definition) is 1. The summed E-state index contributed by atoms with van der Waals surface area (Å²) in [6.45, 7) is 4.19. The summed E-state index contributed by atoms with van der Waals surface area (Å²) in [5.74, 6) is -1.18. The van der Waals surface area contributed by atoms with Gasteiger partial charge in [-0.25, -0.2) is 23.2 Å². The third kappa shape index (κ3) is 3.70. The zero-order valence-electron chi connectivity index (χ0n) is 18.3. The molecule has 2 unspecified atom stereocenters. The zero-order chi connectivity index (χ0) is 23.1. The van der Waals surface area contributed by atoms with Crippen molar-refractivity contribution < 1.29 is 18.3 Å². The van der Waals surface area contributed by atoms with Crippen molar-refractivity contribution in [3.8, 4) is 0 Å². The number of aromatic nitrogens is 3. The molecule has 1 fully saturated rings. The Hall–Kier alpha value is -3.53. The molecule has 2 atom stereocenters.